The Hall–Kier alpha value is -3.35. The van der Waals surface area contributed by atoms with Gasteiger partial charge in [0.1, 0.15) is 11.3 Å². The molecule has 7 heteroatoms. The highest BCUT2D eigenvalue weighted by Crippen LogP contribution is 2.34. The Bertz CT molecular complexity index is 1040. The maximum Gasteiger partial charge on any atom is 0.335 e. The molecule has 0 bridgehead atoms. The van der Waals surface area contributed by atoms with Crippen LogP contribution in [-0.2, 0) is 9.59 Å². The molecular formula is C23H25N3O4. The molecule has 7 nitrogen and oxygen atoms in total. The molecule has 0 unspecified atom stereocenters. The van der Waals surface area contributed by atoms with E-state index in [0.29, 0.717) is 17.5 Å². The van der Waals surface area contributed by atoms with Crippen molar-refractivity contribution in [3.8, 4) is 5.75 Å². The predicted octanol–water partition coefficient (Wildman–Crippen LogP) is 3.90. The van der Waals surface area contributed by atoms with Gasteiger partial charge in [-0.05, 0) is 68.7 Å². The second-order valence-corrected chi connectivity index (χ2v) is 7.79. The molecule has 1 aromatic carbocycles. The number of benzene rings is 1. The highest BCUT2D eigenvalue weighted by Gasteiger charge is 2.37. The molecule has 4 rings (SSSR count). The summed E-state index contributed by atoms with van der Waals surface area (Å²) in [4.78, 5) is 38.9. The fraction of sp³-hybridized carbons (Fsp3) is 0.348. The molecule has 0 spiro atoms. The molecule has 2 aromatic rings. The summed E-state index contributed by atoms with van der Waals surface area (Å²) in [6.45, 7) is 4.05. The van der Waals surface area contributed by atoms with Gasteiger partial charge in [0.2, 0.25) is 0 Å². The molecule has 2 fully saturated rings. The third kappa shape index (κ3) is 3.40. The van der Waals surface area contributed by atoms with Crippen LogP contribution in [0.3, 0.4) is 0 Å². The van der Waals surface area contributed by atoms with Crippen molar-refractivity contribution >= 4 is 29.6 Å². The number of imide groups is 2. The van der Waals surface area contributed by atoms with E-state index in [4.69, 9.17) is 4.74 Å². The van der Waals surface area contributed by atoms with Gasteiger partial charge in [-0.1, -0.05) is 12.8 Å². The fourth-order valence-corrected chi connectivity index (χ4v) is 4.45. The highest BCUT2D eigenvalue weighted by molar-refractivity contribution is 6.39. The molecule has 1 N–H and O–H groups in total. The number of barbiturate groups is 1. The number of aryl methyl sites for hydroxylation is 1. The minimum atomic E-state index is -0.760. The molecule has 1 aromatic heterocycles. The second kappa shape index (κ2) is 7.82. The number of rotatable bonds is 4. The van der Waals surface area contributed by atoms with Crippen molar-refractivity contribution in [3.05, 3.63) is 52.9 Å². The van der Waals surface area contributed by atoms with Gasteiger partial charge in [0.15, 0.2) is 0 Å². The molecule has 1 saturated carbocycles. The minimum Gasteiger partial charge on any atom is -0.497 e. The molecule has 1 aliphatic heterocycles. The second-order valence-electron chi connectivity index (χ2n) is 7.79. The van der Waals surface area contributed by atoms with Crippen molar-refractivity contribution in [1.29, 1.82) is 0 Å². The summed E-state index contributed by atoms with van der Waals surface area (Å²) >= 11 is 0. The first-order valence-electron chi connectivity index (χ1n) is 10.1. The highest BCUT2D eigenvalue weighted by atomic mass is 16.5. The number of amides is 4. The third-order valence-electron chi connectivity index (χ3n) is 5.95. The van der Waals surface area contributed by atoms with E-state index in [9.17, 15) is 14.4 Å². The monoisotopic (exact) mass is 407 g/mol. The summed E-state index contributed by atoms with van der Waals surface area (Å²) in [6.07, 6.45) is 6.32. The van der Waals surface area contributed by atoms with Crippen LogP contribution in [0.5, 0.6) is 5.75 Å². The number of ether oxygens (including phenoxy) is 1. The Balaban J connectivity index is 1.70. The Morgan fingerprint density at radius 2 is 1.73 bits per heavy atom. The summed E-state index contributed by atoms with van der Waals surface area (Å²) in [5, 5.41) is 2.27. The number of anilines is 1. The lowest BCUT2D eigenvalue weighted by Crippen LogP contribution is -2.54. The van der Waals surface area contributed by atoms with Crippen LogP contribution in [0.15, 0.2) is 35.9 Å². The van der Waals surface area contributed by atoms with E-state index in [1.54, 1.807) is 30.3 Å². The summed E-state index contributed by atoms with van der Waals surface area (Å²) in [5.41, 5.74) is 3.27. The van der Waals surface area contributed by atoms with Crippen LogP contribution in [0.1, 0.15) is 48.7 Å². The molecule has 0 radical (unpaired) electrons. The number of methoxy groups -OCH3 is 1. The maximum absolute atomic E-state index is 13.1. The first-order valence-corrected chi connectivity index (χ1v) is 10.1. The van der Waals surface area contributed by atoms with E-state index in [1.807, 2.05) is 19.9 Å². The number of aromatic nitrogens is 1. The quantitative estimate of drug-likeness (QED) is 0.616. The maximum atomic E-state index is 13.1. The SMILES string of the molecule is COc1ccc(N2C(=O)NC(=O)/C(=C\c3cc(C)n(C4CCCC4)c3C)C2=O)cc1. The van der Waals surface area contributed by atoms with E-state index in [2.05, 4.69) is 9.88 Å². The van der Waals surface area contributed by atoms with Crippen LogP contribution in [0.4, 0.5) is 10.5 Å². The molecule has 1 saturated heterocycles. The van der Waals surface area contributed by atoms with Gasteiger partial charge in [-0.2, -0.15) is 0 Å². The first kappa shape index (κ1) is 19.9. The van der Waals surface area contributed by atoms with Crippen molar-refractivity contribution in [2.24, 2.45) is 0 Å². The molecule has 1 aliphatic carbocycles. The standard InChI is InChI=1S/C23H25N3O4/c1-14-12-16(15(2)25(14)17-6-4-5-7-17)13-20-21(27)24-23(29)26(22(20)28)18-8-10-19(30-3)11-9-18/h8-13,17H,4-7H2,1-3H3,(H,24,27,29)/b20-13+. The summed E-state index contributed by atoms with van der Waals surface area (Å²) in [7, 11) is 1.54. The number of hydrogen-bond donors (Lipinski definition) is 1. The topological polar surface area (TPSA) is 80.6 Å². The Morgan fingerprint density at radius 1 is 1.07 bits per heavy atom. The largest absolute Gasteiger partial charge is 0.497 e. The van der Waals surface area contributed by atoms with Crippen molar-refractivity contribution in [3.63, 3.8) is 0 Å². The zero-order chi connectivity index (χ0) is 21.4. The van der Waals surface area contributed by atoms with Gasteiger partial charge < -0.3 is 9.30 Å². The Kier molecular flexibility index (Phi) is 5.20. The van der Waals surface area contributed by atoms with E-state index >= 15 is 0 Å². The van der Waals surface area contributed by atoms with Crippen LogP contribution in [0.25, 0.3) is 6.08 Å². The lowest BCUT2D eigenvalue weighted by molar-refractivity contribution is -0.122. The van der Waals surface area contributed by atoms with Gasteiger partial charge in [-0.3, -0.25) is 14.9 Å². The minimum absolute atomic E-state index is 0.0583. The van der Waals surface area contributed by atoms with E-state index in [0.717, 1.165) is 34.7 Å². The van der Waals surface area contributed by atoms with Gasteiger partial charge in [0, 0.05) is 17.4 Å². The zero-order valence-corrected chi connectivity index (χ0v) is 17.4. The van der Waals surface area contributed by atoms with E-state index < -0.39 is 17.8 Å². The van der Waals surface area contributed by atoms with Gasteiger partial charge >= 0.3 is 6.03 Å². The van der Waals surface area contributed by atoms with Crippen LogP contribution >= 0.6 is 0 Å². The summed E-state index contributed by atoms with van der Waals surface area (Å²) in [5.74, 6) is -0.713. The lowest BCUT2D eigenvalue weighted by Gasteiger charge is -2.26. The molecule has 2 heterocycles. The normalized spacial score (nSPS) is 19.0. The van der Waals surface area contributed by atoms with Crippen LogP contribution in [0.2, 0.25) is 0 Å². The predicted molar refractivity (Wildman–Crippen MR) is 113 cm³/mol. The summed E-state index contributed by atoms with van der Waals surface area (Å²) < 4.78 is 7.43. The summed E-state index contributed by atoms with van der Waals surface area (Å²) in [6, 6.07) is 8.23. The molecular weight excluding hydrogens is 382 g/mol. The molecule has 30 heavy (non-hydrogen) atoms. The van der Waals surface area contributed by atoms with Gasteiger partial charge in [-0.25, -0.2) is 9.69 Å². The molecule has 0 atom stereocenters. The van der Waals surface area contributed by atoms with Crippen molar-refractivity contribution < 1.29 is 19.1 Å². The molecule has 4 amide bonds. The number of hydrogen-bond acceptors (Lipinski definition) is 4. The zero-order valence-electron chi connectivity index (χ0n) is 17.4. The number of nitrogens with zero attached hydrogens (tertiary/aromatic N) is 2. The Morgan fingerprint density at radius 3 is 2.37 bits per heavy atom. The van der Waals surface area contributed by atoms with Gasteiger partial charge in [0.05, 0.1) is 12.8 Å². The number of urea groups is 1. The Labute approximate surface area is 175 Å². The van der Waals surface area contributed by atoms with Crippen LogP contribution in [0, 0.1) is 13.8 Å². The van der Waals surface area contributed by atoms with Crippen LogP contribution in [-0.4, -0.2) is 29.5 Å². The average Bonchev–Trinajstić information content (AvgIpc) is 3.33. The van der Waals surface area contributed by atoms with E-state index in [-0.39, 0.29) is 5.57 Å². The fourth-order valence-electron chi connectivity index (χ4n) is 4.45. The van der Waals surface area contributed by atoms with Crippen LogP contribution < -0.4 is 15.0 Å². The number of nitrogens with one attached hydrogen (secondary N) is 1. The smallest absolute Gasteiger partial charge is 0.335 e. The molecule has 156 valence electrons. The van der Waals surface area contributed by atoms with Gasteiger partial charge in [-0.15, -0.1) is 0 Å². The van der Waals surface area contributed by atoms with E-state index in [1.165, 1.54) is 20.0 Å². The average molecular weight is 407 g/mol. The lowest BCUT2D eigenvalue weighted by atomic mass is 10.1. The van der Waals surface area contributed by atoms with Crippen molar-refractivity contribution in [2.75, 3.05) is 12.0 Å². The van der Waals surface area contributed by atoms with Crippen molar-refractivity contribution in [1.82, 2.24) is 9.88 Å². The third-order valence-corrected chi connectivity index (χ3v) is 5.95. The van der Waals surface area contributed by atoms with Crippen molar-refractivity contribution in [2.45, 2.75) is 45.6 Å². The molecule has 2 aliphatic rings. The number of carbonyl (C=O) groups is 3. The van der Waals surface area contributed by atoms with Gasteiger partial charge in [0.25, 0.3) is 11.8 Å². The number of carbonyl (C=O) groups excluding carboxylic acids is 3. The first-order chi connectivity index (χ1) is 14.4.